The average molecular weight is 649 g/mol. The fourth-order valence-corrected chi connectivity index (χ4v) is 7.70. The highest BCUT2D eigenvalue weighted by atomic mass is 32.1. The van der Waals surface area contributed by atoms with E-state index >= 15 is 26.3 Å². The number of carbonyl (C=O) groups excluding carboxylic acids is 1. The van der Waals surface area contributed by atoms with Crippen LogP contribution < -0.4 is 9.47 Å². The van der Waals surface area contributed by atoms with E-state index in [-0.39, 0.29) is 31.8 Å². The van der Waals surface area contributed by atoms with Gasteiger partial charge in [-0.15, -0.1) is 22.7 Å². The van der Waals surface area contributed by atoms with Gasteiger partial charge in [-0.25, -0.2) is 4.79 Å². The molecule has 1 atom stereocenters. The molecule has 0 fully saturated rings. The molecule has 2 heterocycles. The summed E-state index contributed by atoms with van der Waals surface area (Å²) in [6.07, 6.45) is -2.56. The number of carbonyl (C=O) groups is 1. The largest absolute Gasteiger partial charge is 0.514 e. The summed E-state index contributed by atoms with van der Waals surface area (Å²) < 4.78 is 111. The number of allylic oxidation sites excluding steroid dienone is 2. The number of benzene rings is 3. The van der Waals surface area contributed by atoms with Gasteiger partial charge < -0.3 is 14.2 Å². The van der Waals surface area contributed by atoms with Crippen molar-refractivity contribution in [1.82, 2.24) is 0 Å². The Hall–Kier alpha value is -4.03. The zero-order valence-corrected chi connectivity index (χ0v) is 24.9. The van der Waals surface area contributed by atoms with Gasteiger partial charge in [0.1, 0.15) is 17.6 Å². The lowest BCUT2D eigenvalue weighted by molar-refractivity contribution is -0.254. The Balaban J connectivity index is 1.55. The van der Waals surface area contributed by atoms with Crippen LogP contribution in [0.3, 0.4) is 0 Å². The summed E-state index contributed by atoms with van der Waals surface area (Å²) in [5, 5.41) is 0.202. The third kappa shape index (κ3) is 4.45. The molecule has 0 saturated carbocycles. The molecule has 2 aromatic heterocycles. The first-order valence-electron chi connectivity index (χ1n) is 13.2. The Bertz CT molecular complexity index is 1940. The van der Waals surface area contributed by atoms with Crippen LogP contribution in [0.15, 0.2) is 72.8 Å². The van der Waals surface area contributed by atoms with E-state index in [4.69, 9.17) is 14.2 Å². The second kappa shape index (κ2) is 10.6. The van der Waals surface area contributed by atoms with Crippen molar-refractivity contribution in [2.75, 3.05) is 7.11 Å². The van der Waals surface area contributed by atoms with Gasteiger partial charge >= 0.3 is 23.9 Å². The minimum absolute atomic E-state index is 0.0457. The van der Waals surface area contributed by atoms with Crippen LogP contribution in [0.4, 0.5) is 31.1 Å². The molecule has 0 spiro atoms. The molecular weight excluding hydrogens is 626 g/mol. The van der Waals surface area contributed by atoms with Crippen LogP contribution in [-0.4, -0.2) is 31.0 Å². The number of aryl methyl sites for hydroxylation is 1. The molecule has 44 heavy (non-hydrogen) atoms. The average Bonchev–Trinajstić information content (AvgIpc) is 3.55. The van der Waals surface area contributed by atoms with Crippen molar-refractivity contribution in [3.8, 4) is 11.5 Å². The number of rotatable bonds is 6. The quantitative estimate of drug-likeness (QED) is 0.104. The van der Waals surface area contributed by atoms with Gasteiger partial charge in [-0.1, -0.05) is 36.4 Å². The van der Waals surface area contributed by atoms with Crippen LogP contribution in [-0.2, 0) is 4.74 Å². The van der Waals surface area contributed by atoms with Crippen molar-refractivity contribution >= 4 is 60.1 Å². The second-order valence-electron chi connectivity index (χ2n) is 10.1. The molecule has 5 aromatic rings. The molecule has 6 rings (SSSR count). The molecule has 0 bridgehead atoms. The van der Waals surface area contributed by atoms with Gasteiger partial charge in [-0.05, 0) is 50.2 Å². The lowest BCUT2D eigenvalue weighted by Crippen LogP contribution is -2.49. The first-order valence-corrected chi connectivity index (χ1v) is 14.8. The highest BCUT2D eigenvalue weighted by molar-refractivity contribution is 7.19. The Morgan fingerprint density at radius 2 is 1.23 bits per heavy atom. The van der Waals surface area contributed by atoms with Gasteiger partial charge in [0.2, 0.25) is 0 Å². The van der Waals surface area contributed by atoms with E-state index in [0.717, 1.165) is 22.7 Å². The lowest BCUT2D eigenvalue weighted by atomic mass is 9.91. The number of hydrogen-bond acceptors (Lipinski definition) is 6. The van der Waals surface area contributed by atoms with Crippen molar-refractivity contribution in [3.63, 3.8) is 0 Å². The van der Waals surface area contributed by atoms with E-state index < -0.39 is 46.7 Å². The number of alkyl halides is 6. The molecule has 1 aliphatic carbocycles. The van der Waals surface area contributed by atoms with Crippen LogP contribution in [0.2, 0.25) is 0 Å². The molecule has 228 valence electrons. The normalized spacial score (nSPS) is 17.7. The fraction of sp³-hybridized carbons (Fsp3) is 0.219. The van der Waals surface area contributed by atoms with Crippen molar-refractivity contribution in [3.05, 3.63) is 93.7 Å². The molecule has 12 heteroatoms. The van der Waals surface area contributed by atoms with Gasteiger partial charge in [0.15, 0.2) is 0 Å². The Kier molecular flexibility index (Phi) is 7.20. The number of hydrogen-bond donors (Lipinski definition) is 0. The third-order valence-electron chi connectivity index (χ3n) is 7.46. The molecule has 0 N–H and O–H groups in total. The van der Waals surface area contributed by atoms with E-state index in [9.17, 15) is 4.79 Å². The predicted octanol–water partition coefficient (Wildman–Crippen LogP) is 10.5. The molecule has 0 amide bonds. The summed E-state index contributed by atoms with van der Waals surface area (Å²) in [4.78, 5) is 12.8. The van der Waals surface area contributed by atoms with Gasteiger partial charge in [-0.2, -0.15) is 26.3 Å². The number of methoxy groups -OCH3 is 1. The van der Waals surface area contributed by atoms with Gasteiger partial charge in [0.05, 0.1) is 12.0 Å². The van der Waals surface area contributed by atoms with Crippen LogP contribution in [0.5, 0.6) is 11.5 Å². The van der Waals surface area contributed by atoms with Crippen LogP contribution in [0.1, 0.15) is 33.9 Å². The maximum absolute atomic E-state index is 16.0. The molecule has 0 unspecified atom stereocenters. The maximum Gasteiger partial charge on any atom is 0.514 e. The van der Waals surface area contributed by atoms with Gasteiger partial charge in [0, 0.05) is 47.3 Å². The summed E-state index contributed by atoms with van der Waals surface area (Å²) in [6, 6.07) is 18.2. The first kappa shape index (κ1) is 30.0. The minimum Gasteiger partial charge on any atom is -0.497 e. The Morgan fingerprint density at radius 1 is 0.727 bits per heavy atom. The number of halogens is 6. The van der Waals surface area contributed by atoms with E-state index in [2.05, 4.69) is 0 Å². The summed E-state index contributed by atoms with van der Waals surface area (Å²) >= 11 is 1.92. The van der Waals surface area contributed by atoms with Crippen LogP contribution in [0, 0.1) is 6.92 Å². The fourth-order valence-electron chi connectivity index (χ4n) is 5.44. The van der Waals surface area contributed by atoms with E-state index in [0.29, 0.717) is 15.1 Å². The van der Waals surface area contributed by atoms with E-state index in [1.807, 2.05) is 0 Å². The minimum atomic E-state index is -5.75. The molecule has 0 radical (unpaired) electrons. The SMILES string of the molecule is COc1ccc(OC(=O)O[C@@H](C)c2sc3ccccc3c2C2=C(c3c(C)sc4ccccc34)C(F)(F)C(F)(F)C2(F)F)cc1. The van der Waals surface area contributed by atoms with Gasteiger partial charge in [0.25, 0.3) is 0 Å². The molecule has 4 nitrogen and oxygen atoms in total. The number of fused-ring (bicyclic) bond motifs is 2. The van der Waals surface area contributed by atoms with Crippen LogP contribution in [0.25, 0.3) is 31.3 Å². The smallest absolute Gasteiger partial charge is 0.497 e. The Morgan fingerprint density at radius 3 is 1.82 bits per heavy atom. The molecule has 3 aromatic carbocycles. The van der Waals surface area contributed by atoms with Crippen molar-refractivity contribution in [1.29, 1.82) is 0 Å². The molecule has 0 aliphatic heterocycles. The number of thiophene rings is 2. The summed E-state index contributed by atoms with van der Waals surface area (Å²) in [7, 11) is 1.46. The van der Waals surface area contributed by atoms with Gasteiger partial charge in [-0.3, -0.25) is 0 Å². The third-order valence-corrected chi connectivity index (χ3v) is 9.88. The predicted molar refractivity (Wildman–Crippen MR) is 159 cm³/mol. The second-order valence-corrected chi connectivity index (χ2v) is 12.5. The number of ether oxygens (including phenoxy) is 3. The van der Waals surface area contributed by atoms with Crippen molar-refractivity contribution in [2.24, 2.45) is 0 Å². The van der Waals surface area contributed by atoms with Crippen LogP contribution >= 0.6 is 22.7 Å². The van der Waals surface area contributed by atoms with Crippen molar-refractivity contribution < 1.29 is 45.3 Å². The van der Waals surface area contributed by atoms with E-state index in [1.165, 1.54) is 69.5 Å². The standard InChI is InChI=1S/C32H22F6O4S2/c1-16(41-29(39)42-19-14-12-18(40-3)13-15-19)28-25(21-9-5-7-11-23(21)44-28)27-26(30(33,34)32(37,38)31(27,35)36)24-17(2)43-22-10-6-4-8-20(22)24/h4-16H,1-3H3/t16-/m0/s1. The Labute approximate surface area is 255 Å². The molecule has 0 saturated heterocycles. The highest BCUT2D eigenvalue weighted by Gasteiger charge is 2.80. The monoisotopic (exact) mass is 648 g/mol. The summed E-state index contributed by atoms with van der Waals surface area (Å²) in [5.41, 5.74) is -3.83. The zero-order chi connectivity index (χ0) is 31.6. The zero-order valence-electron chi connectivity index (χ0n) is 23.2. The van der Waals surface area contributed by atoms with Crippen molar-refractivity contribution in [2.45, 2.75) is 37.7 Å². The highest BCUT2D eigenvalue weighted by Crippen LogP contribution is 2.67. The molecular formula is C32H22F6O4S2. The molecule has 1 aliphatic rings. The topological polar surface area (TPSA) is 44.8 Å². The lowest BCUT2D eigenvalue weighted by Gasteiger charge is -2.26. The summed E-state index contributed by atoms with van der Waals surface area (Å²) in [6.45, 7) is 2.77. The summed E-state index contributed by atoms with van der Waals surface area (Å²) in [5.74, 6) is -15.7. The maximum atomic E-state index is 16.0. The first-order chi connectivity index (χ1) is 20.8. The van der Waals surface area contributed by atoms with E-state index in [1.54, 1.807) is 24.3 Å².